The zero-order valence-electron chi connectivity index (χ0n) is 9.79. The Morgan fingerprint density at radius 1 is 1.50 bits per heavy atom. The largest absolute Gasteiger partial charge is 0.381 e. The van der Waals surface area contributed by atoms with Gasteiger partial charge in [-0.2, -0.15) is 0 Å². The van der Waals surface area contributed by atoms with Crippen LogP contribution in [0.25, 0.3) is 0 Å². The van der Waals surface area contributed by atoms with E-state index in [-0.39, 0.29) is 18.0 Å². The predicted molar refractivity (Wildman–Crippen MR) is 65.5 cm³/mol. The lowest BCUT2D eigenvalue weighted by Gasteiger charge is -2.13. The van der Waals surface area contributed by atoms with E-state index >= 15 is 0 Å². The number of para-hydroxylation sites is 1. The molecule has 2 rings (SSSR count). The summed E-state index contributed by atoms with van der Waals surface area (Å²) in [5.74, 6) is 0.125. The van der Waals surface area contributed by atoms with E-state index in [0.717, 1.165) is 6.42 Å². The molecule has 0 radical (unpaired) electrons. The lowest BCUT2D eigenvalue weighted by atomic mass is 10.1. The van der Waals surface area contributed by atoms with Gasteiger partial charge in [0.1, 0.15) is 0 Å². The Morgan fingerprint density at radius 2 is 2.25 bits per heavy atom. The SMILES string of the molecule is CC(C)NC(=O)CC1Cc2ccccc2N1. The van der Waals surface area contributed by atoms with Crippen LogP contribution in [0, 0.1) is 0 Å². The van der Waals surface area contributed by atoms with Crippen LogP contribution in [0.5, 0.6) is 0 Å². The second kappa shape index (κ2) is 4.56. The van der Waals surface area contributed by atoms with Gasteiger partial charge >= 0.3 is 0 Å². The molecule has 0 bridgehead atoms. The van der Waals surface area contributed by atoms with Crippen LogP contribution in [0.15, 0.2) is 24.3 Å². The van der Waals surface area contributed by atoms with Crippen molar-refractivity contribution in [2.45, 2.75) is 38.8 Å². The maximum absolute atomic E-state index is 11.6. The predicted octanol–water partition coefficient (Wildman–Crippen LogP) is 1.94. The van der Waals surface area contributed by atoms with Gasteiger partial charge < -0.3 is 10.6 Å². The molecule has 1 atom stereocenters. The Balaban J connectivity index is 1.90. The van der Waals surface area contributed by atoms with Crippen molar-refractivity contribution in [1.82, 2.24) is 5.32 Å². The van der Waals surface area contributed by atoms with E-state index in [1.165, 1.54) is 11.3 Å². The van der Waals surface area contributed by atoms with Crippen molar-refractivity contribution >= 4 is 11.6 Å². The average Bonchev–Trinajstić information content (AvgIpc) is 2.57. The quantitative estimate of drug-likeness (QED) is 0.814. The molecule has 0 saturated carbocycles. The first-order valence-electron chi connectivity index (χ1n) is 5.79. The molecule has 0 saturated heterocycles. The highest BCUT2D eigenvalue weighted by Gasteiger charge is 2.22. The number of benzene rings is 1. The molecule has 3 nitrogen and oxygen atoms in total. The van der Waals surface area contributed by atoms with Gasteiger partial charge in [-0.3, -0.25) is 4.79 Å². The van der Waals surface area contributed by atoms with Crippen LogP contribution in [-0.4, -0.2) is 18.0 Å². The summed E-state index contributed by atoms with van der Waals surface area (Å²) in [4.78, 5) is 11.6. The van der Waals surface area contributed by atoms with Crippen LogP contribution in [0.1, 0.15) is 25.8 Å². The van der Waals surface area contributed by atoms with Crippen molar-refractivity contribution in [3.05, 3.63) is 29.8 Å². The molecule has 1 unspecified atom stereocenters. The van der Waals surface area contributed by atoms with Gasteiger partial charge in [-0.15, -0.1) is 0 Å². The number of carbonyl (C=O) groups is 1. The summed E-state index contributed by atoms with van der Waals surface area (Å²) in [6.07, 6.45) is 1.49. The number of hydrogen-bond donors (Lipinski definition) is 2. The lowest BCUT2D eigenvalue weighted by Crippen LogP contribution is -2.34. The van der Waals surface area contributed by atoms with Crippen molar-refractivity contribution in [1.29, 1.82) is 0 Å². The third-order valence-electron chi connectivity index (χ3n) is 2.72. The van der Waals surface area contributed by atoms with E-state index in [2.05, 4.69) is 22.8 Å². The molecular formula is C13H18N2O. The molecule has 1 heterocycles. The Hall–Kier alpha value is -1.51. The molecule has 0 aliphatic carbocycles. The number of nitrogens with one attached hydrogen (secondary N) is 2. The van der Waals surface area contributed by atoms with Gasteiger partial charge in [0.15, 0.2) is 0 Å². The van der Waals surface area contributed by atoms with Gasteiger partial charge in [0.05, 0.1) is 0 Å². The summed E-state index contributed by atoms with van der Waals surface area (Å²) < 4.78 is 0. The smallest absolute Gasteiger partial charge is 0.222 e. The molecule has 86 valence electrons. The molecule has 3 heteroatoms. The molecule has 1 amide bonds. The van der Waals surface area contributed by atoms with E-state index in [0.29, 0.717) is 6.42 Å². The molecule has 16 heavy (non-hydrogen) atoms. The fourth-order valence-electron chi connectivity index (χ4n) is 2.10. The standard InChI is InChI=1S/C13H18N2O/c1-9(2)14-13(16)8-11-7-10-5-3-4-6-12(10)15-11/h3-6,9,11,15H,7-8H2,1-2H3,(H,14,16). The van der Waals surface area contributed by atoms with Gasteiger partial charge in [0.2, 0.25) is 5.91 Å². The highest BCUT2D eigenvalue weighted by atomic mass is 16.1. The van der Waals surface area contributed by atoms with Crippen LogP contribution in [0.2, 0.25) is 0 Å². The van der Waals surface area contributed by atoms with Gasteiger partial charge in [-0.05, 0) is 31.9 Å². The molecule has 1 aromatic carbocycles. The first-order chi connectivity index (χ1) is 7.65. The Labute approximate surface area is 96.2 Å². The van der Waals surface area contributed by atoms with E-state index in [1.54, 1.807) is 0 Å². The lowest BCUT2D eigenvalue weighted by molar-refractivity contribution is -0.121. The third kappa shape index (κ3) is 2.54. The number of anilines is 1. The topological polar surface area (TPSA) is 41.1 Å². The summed E-state index contributed by atoms with van der Waals surface area (Å²) in [5, 5.41) is 6.30. The Morgan fingerprint density at radius 3 is 2.94 bits per heavy atom. The summed E-state index contributed by atoms with van der Waals surface area (Å²) in [6, 6.07) is 8.70. The summed E-state index contributed by atoms with van der Waals surface area (Å²) in [5.41, 5.74) is 2.48. The minimum atomic E-state index is 0.125. The molecular weight excluding hydrogens is 200 g/mol. The van der Waals surface area contributed by atoms with Crippen molar-refractivity contribution in [2.24, 2.45) is 0 Å². The number of fused-ring (bicyclic) bond motifs is 1. The highest BCUT2D eigenvalue weighted by Crippen LogP contribution is 2.26. The average molecular weight is 218 g/mol. The maximum Gasteiger partial charge on any atom is 0.222 e. The Bertz CT molecular complexity index is 362. The molecule has 1 aliphatic rings. The summed E-state index contributed by atoms with van der Waals surface area (Å²) in [7, 11) is 0. The molecule has 0 fully saturated rings. The molecule has 0 spiro atoms. The van der Waals surface area contributed by atoms with Crippen LogP contribution in [-0.2, 0) is 11.2 Å². The van der Waals surface area contributed by atoms with Crippen molar-refractivity contribution in [3.8, 4) is 0 Å². The molecule has 1 aromatic rings. The van der Waals surface area contributed by atoms with Crippen LogP contribution in [0.3, 0.4) is 0 Å². The third-order valence-corrected chi connectivity index (χ3v) is 2.72. The van der Waals surface area contributed by atoms with Gasteiger partial charge in [0, 0.05) is 24.2 Å². The minimum Gasteiger partial charge on any atom is -0.381 e. The number of amides is 1. The van der Waals surface area contributed by atoms with Crippen molar-refractivity contribution < 1.29 is 4.79 Å². The first-order valence-corrected chi connectivity index (χ1v) is 5.79. The van der Waals surface area contributed by atoms with E-state index < -0.39 is 0 Å². The van der Waals surface area contributed by atoms with Crippen LogP contribution in [0.4, 0.5) is 5.69 Å². The highest BCUT2D eigenvalue weighted by molar-refractivity contribution is 5.78. The van der Waals surface area contributed by atoms with Crippen LogP contribution >= 0.6 is 0 Å². The van der Waals surface area contributed by atoms with Crippen molar-refractivity contribution in [2.75, 3.05) is 5.32 Å². The Kier molecular flexibility index (Phi) is 3.13. The monoisotopic (exact) mass is 218 g/mol. The normalized spacial score (nSPS) is 18.1. The van der Waals surface area contributed by atoms with Gasteiger partial charge in [0.25, 0.3) is 0 Å². The van der Waals surface area contributed by atoms with E-state index in [9.17, 15) is 4.79 Å². The zero-order chi connectivity index (χ0) is 11.5. The maximum atomic E-state index is 11.6. The summed E-state index contributed by atoms with van der Waals surface area (Å²) in [6.45, 7) is 3.96. The van der Waals surface area contributed by atoms with Gasteiger partial charge in [-0.25, -0.2) is 0 Å². The second-order valence-electron chi connectivity index (χ2n) is 4.63. The first kappa shape index (κ1) is 11.0. The summed E-state index contributed by atoms with van der Waals surface area (Å²) >= 11 is 0. The molecule has 2 N–H and O–H groups in total. The van der Waals surface area contributed by atoms with Crippen LogP contribution < -0.4 is 10.6 Å². The number of carbonyl (C=O) groups excluding carboxylic acids is 1. The van der Waals surface area contributed by atoms with E-state index in [1.807, 2.05) is 26.0 Å². The van der Waals surface area contributed by atoms with Gasteiger partial charge in [-0.1, -0.05) is 18.2 Å². The van der Waals surface area contributed by atoms with Crippen molar-refractivity contribution in [3.63, 3.8) is 0 Å². The number of hydrogen-bond acceptors (Lipinski definition) is 2. The second-order valence-corrected chi connectivity index (χ2v) is 4.63. The molecule has 1 aliphatic heterocycles. The molecule has 0 aromatic heterocycles. The fourth-order valence-corrected chi connectivity index (χ4v) is 2.10. The minimum absolute atomic E-state index is 0.125. The number of rotatable bonds is 3. The van der Waals surface area contributed by atoms with E-state index in [4.69, 9.17) is 0 Å². The fraction of sp³-hybridized carbons (Fsp3) is 0.462. The zero-order valence-corrected chi connectivity index (χ0v) is 9.79.